The standard InChI is InChI=1S/C21H33ClN4O.HI/c1-3-26-12-6-7-17(26)15-24-20(23-2)25-16-21(10-13-27-14-11-21)18-8-4-5-9-19(18)22;/h4-5,8-9,17H,3,6-7,10-16H2,1-2H3,(H2,23,24,25);1H. The number of nitrogens with zero attached hydrogens (tertiary/aromatic N) is 2. The third-order valence-electron chi connectivity index (χ3n) is 6.12. The molecule has 2 fully saturated rings. The zero-order valence-corrected chi connectivity index (χ0v) is 20.1. The Balaban J connectivity index is 0.00000280. The van der Waals surface area contributed by atoms with Gasteiger partial charge in [-0.25, -0.2) is 0 Å². The highest BCUT2D eigenvalue weighted by Crippen LogP contribution is 2.38. The van der Waals surface area contributed by atoms with Crippen LogP contribution in [0.3, 0.4) is 0 Å². The van der Waals surface area contributed by atoms with E-state index in [0.717, 1.165) is 56.7 Å². The quantitative estimate of drug-likeness (QED) is 0.342. The smallest absolute Gasteiger partial charge is 0.191 e. The lowest BCUT2D eigenvalue weighted by atomic mass is 9.74. The van der Waals surface area contributed by atoms with Crippen molar-refractivity contribution in [1.29, 1.82) is 0 Å². The molecule has 1 unspecified atom stereocenters. The van der Waals surface area contributed by atoms with Crippen LogP contribution in [-0.4, -0.2) is 63.3 Å². The second-order valence-electron chi connectivity index (χ2n) is 7.60. The Morgan fingerprint density at radius 3 is 2.71 bits per heavy atom. The first-order chi connectivity index (χ1) is 13.2. The van der Waals surface area contributed by atoms with E-state index in [2.05, 4.69) is 39.6 Å². The number of aliphatic imine (C=N–C) groups is 1. The van der Waals surface area contributed by atoms with Crippen molar-refractivity contribution in [3.63, 3.8) is 0 Å². The predicted molar refractivity (Wildman–Crippen MR) is 128 cm³/mol. The normalized spacial score (nSPS) is 22.5. The fraction of sp³-hybridized carbons (Fsp3) is 0.667. The van der Waals surface area contributed by atoms with Crippen LogP contribution in [0.5, 0.6) is 0 Å². The molecule has 0 saturated carbocycles. The van der Waals surface area contributed by atoms with Gasteiger partial charge in [0, 0.05) is 49.8 Å². The first kappa shape index (κ1) is 23.7. The number of rotatable bonds is 6. The second kappa shape index (κ2) is 11.6. The number of hydrogen-bond acceptors (Lipinski definition) is 3. The molecular weight excluding hydrogens is 487 g/mol. The average molecular weight is 521 g/mol. The molecule has 7 heteroatoms. The van der Waals surface area contributed by atoms with Crippen LogP contribution in [0.15, 0.2) is 29.3 Å². The average Bonchev–Trinajstić information content (AvgIpc) is 3.17. The van der Waals surface area contributed by atoms with Gasteiger partial charge in [-0.15, -0.1) is 24.0 Å². The summed E-state index contributed by atoms with van der Waals surface area (Å²) < 4.78 is 5.64. The Morgan fingerprint density at radius 2 is 2.04 bits per heavy atom. The SMILES string of the molecule is CCN1CCCC1CNC(=NC)NCC1(c2ccccc2Cl)CCOCC1.I. The van der Waals surface area contributed by atoms with Gasteiger partial charge in [-0.2, -0.15) is 0 Å². The van der Waals surface area contributed by atoms with Gasteiger partial charge in [-0.05, 0) is 50.4 Å². The molecule has 0 aliphatic carbocycles. The van der Waals surface area contributed by atoms with Crippen LogP contribution in [0.25, 0.3) is 0 Å². The molecule has 2 saturated heterocycles. The molecule has 2 heterocycles. The third-order valence-corrected chi connectivity index (χ3v) is 6.45. The van der Waals surface area contributed by atoms with Crippen LogP contribution in [0, 0.1) is 0 Å². The summed E-state index contributed by atoms with van der Waals surface area (Å²) in [5, 5.41) is 7.94. The van der Waals surface area contributed by atoms with Gasteiger partial charge in [-0.3, -0.25) is 9.89 Å². The lowest BCUT2D eigenvalue weighted by molar-refractivity contribution is 0.0514. The number of likely N-dealkylation sites (N-methyl/N-ethyl adjacent to an activating group) is 1. The fourth-order valence-corrected chi connectivity index (χ4v) is 4.76. The molecule has 0 amide bonds. The van der Waals surface area contributed by atoms with Gasteiger partial charge < -0.3 is 15.4 Å². The van der Waals surface area contributed by atoms with Gasteiger partial charge in [0.15, 0.2) is 5.96 Å². The number of likely N-dealkylation sites (tertiary alicyclic amines) is 1. The van der Waals surface area contributed by atoms with Crippen molar-refractivity contribution in [1.82, 2.24) is 15.5 Å². The van der Waals surface area contributed by atoms with Crippen LogP contribution in [0.4, 0.5) is 0 Å². The van der Waals surface area contributed by atoms with Crippen molar-refractivity contribution in [3.05, 3.63) is 34.9 Å². The largest absolute Gasteiger partial charge is 0.381 e. The van der Waals surface area contributed by atoms with Crippen LogP contribution in [0.1, 0.15) is 38.2 Å². The first-order valence-corrected chi connectivity index (χ1v) is 10.6. The fourth-order valence-electron chi connectivity index (χ4n) is 4.43. The molecule has 2 aliphatic rings. The number of hydrogen-bond donors (Lipinski definition) is 2. The van der Waals surface area contributed by atoms with Crippen LogP contribution >= 0.6 is 35.6 Å². The number of halogens is 2. The van der Waals surface area contributed by atoms with Gasteiger partial charge in [0.25, 0.3) is 0 Å². The topological polar surface area (TPSA) is 48.9 Å². The molecule has 0 radical (unpaired) electrons. The number of guanidine groups is 1. The first-order valence-electron chi connectivity index (χ1n) is 10.2. The van der Waals surface area contributed by atoms with Gasteiger partial charge in [0.1, 0.15) is 0 Å². The predicted octanol–water partition coefficient (Wildman–Crippen LogP) is 3.66. The molecule has 28 heavy (non-hydrogen) atoms. The van der Waals surface area contributed by atoms with Crippen LogP contribution in [0.2, 0.25) is 5.02 Å². The molecule has 158 valence electrons. The van der Waals surface area contributed by atoms with Gasteiger partial charge >= 0.3 is 0 Å². The Hall–Kier alpha value is -0.570. The zero-order valence-electron chi connectivity index (χ0n) is 17.0. The van der Waals surface area contributed by atoms with E-state index in [4.69, 9.17) is 16.3 Å². The van der Waals surface area contributed by atoms with Crippen molar-refractivity contribution in [2.24, 2.45) is 4.99 Å². The van der Waals surface area contributed by atoms with Crippen LogP contribution in [-0.2, 0) is 10.2 Å². The van der Waals surface area contributed by atoms with E-state index in [-0.39, 0.29) is 29.4 Å². The Labute approximate surface area is 191 Å². The van der Waals surface area contributed by atoms with Crippen molar-refractivity contribution in [2.45, 2.75) is 44.1 Å². The Morgan fingerprint density at radius 1 is 1.29 bits per heavy atom. The summed E-state index contributed by atoms with van der Waals surface area (Å²) in [6.45, 7) is 7.86. The van der Waals surface area contributed by atoms with Crippen molar-refractivity contribution >= 4 is 41.5 Å². The van der Waals surface area contributed by atoms with Crippen molar-refractivity contribution in [2.75, 3.05) is 46.4 Å². The minimum absolute atomic E-state index is 0. The summed E-state index contributed by atoms with van der Waals surface area (Å²) >= 11 is 6.56. The molecule has 5 nitrogen and oxygen atoms in total. The van der Waals surface area contributed by atoms with Crippen LogP contribution < -0.4 is 10.6 Å². The minimum atomic E-state index is -0.0168. The highest BCUT2D eigenvalue weighted by molar-refractivity contribution is 14.0. The van der Waals surface area contributed by atoms with Gasteiger partial charge in [-0.1, -0.05) is 36.7 Å². The minimum Gasteiger partial charge on any atom is -0.381 e. The summed E-state index contributed by atoms with van der Waals surface area (Å²) in [6, 6.07) is 8.82. The maximum absolute atomic E-state index is 6.56. The maximum Gasteiger partial charge on any atom is 0.191 e. The Kier molecular flexibility index (Phi) is 9.80. The van der Waals surface area contributed by atoms with Crippen molar-refractivity contribution in [3.8, 4) is 0 Å². The van der Waals surface area contributed by atoms with E-state index in [1.165, 1.54) is 24.9 Å². The third kappa shape index (κ3) is 5.74. The lowest BCUT2D eigenvalue weighted by Gasteiger charge is -2.39. The highest BCUT2D eigenvalue weighted by Gasteiger charge is 2.36. The molecule has 0 spiro atoms. The van der Waals surface area contributed by atoms with Gasteiger partial charge in [0.05, 0.1) is 0 Å². The molecule has 3 rings (SSSR count). The number of benzene rings is 1. The monoisotopic (exact) mass is 520 g/mol. The van der Waals surface area contributed by atoms with Crippen molar-refractivity contribution < 1.29 is 4.74 Å². The van der Waals surface area contributed by atoms with E-state index in [1.807, 2.05) is 19.2 Å². The molecule has 2 N–H and O–H groups in total. The van der Waals surface area contributed by atoms with E-state index in [1.54, 1.807) is 0 Å². The second-order valence-corrected chi connectivity index (χ2v) is 8.01. The van der Waals surface area contributed by atoms with E-state index < -0.39 is 0 Å². The van der Waals surface area contributed by atoms with E-state index in [0.29, 0.717) is 6.04 Å². The summed E-state index contributed by atoms with van der Waals surface area (Å²) in [5.41, 5.74) is 1.20. The number of ether oxygens (including phenoxy) is 1. The molecule has 0 aromatic heterocycles. The molecule has 1 aromatic carbocycles. The summed E-state index contributed by atoms with van der Waals surface area (Å²) in [7, 11) is 1.84. The summed E-state index contributed by atoms with van der Waals surface area (Å²) in [5.74, 6) is 0.871. The number of nitrogens with one attached hydrogen (secondary N) is 2. The lowest BCUT2D eigenvalue weighted by Crippen LogP contribution is -2.50. The molecule has 1 aromatic rings. The van der Waals surface area contributed by atoms with E-state index >= 15 is 0 Å². The molecule has 2 aliphatic heterocycles. The maximum atomic E-state index is 6.56. The molecular formula is C21H34ClIN4O. The zero-order chi connectivity index (χ0) is 19.1. The molecule has 0 bridgehead atoms. The highest BCUT2D eigenvalue weighted by atomic mass is 127. The Bertz CT molecular complexity index is 637. The van der Waals surface area contributed by atoms with Gasteiger partial charge in [0.2, 0.25) is 0 Å². The van der Waals surface area contributed by atoms with E-state index in [9.17, 15) is 0 Å². The summed E-state index contributed by atoms with van der Waals surface area (Å²) in [6.07, 6.45) is 4.49. The summed E-state index contributed by atoms with van der Waals surface area (Å²) in [4.78, 5) is 6.99. The molecule has 1 atom stereocenters.